The lowest BCUT2D eigenvalue weighted by molar-refractivity contribution is -0.385. The minimum absolute atomic E-state index is 0.0261. The number of hydrogen-bond acceptors (Lipinski definition) is 7. The lowest BCUT2D eigenvalue weighted by Crippen LogP contribution is -2.20. The molecule has 0 aliphatic carbocycles. The Morgan fingerprint density at radius 2 is 2.05 bits per heavy atom. The fourth-order valence-electron chi connectivity index (χ4n) is 2.34. The molecule has 1 aromatic heterocycles. The minimum Gasteiger partial charge on any atom is -0.364 e. The zero-order valence-corrected chi connectivity index (χ0v) is 13.2. The van der Waals surface area contributed by atoms with Crippen LogP contribution in [0.15, 0.2) is 0 Å². The largest absolute Gasteiger partial charge is 0.364 e. The highest BCUT2D eigenvalue weighted by atomic mass is 32.2. The van der Waals surface area contributed by atoms with Crippen LogP contribution in [0, 0.1) is 23.0 Å². The van der Waals surface area contributed by atoms with Crippen LogP contribution >= 0.6 is 11.8 Å². The maximum absolute atomic E-state index is 11.2. The number of aromatic nitrogens is 2. The molecule has 0 spiro atoms. The van der Waals surface area contributed by atoms with Gasteiger partial charge in [-0.15, -0.1) is 0 Å². The zero-order valence-electron chi connectivity index (χ0n) is 12.4. The van der Waals surface area contributed by atoms with E-state index in [0.29, 0.717) is 29.9 Å². The molecule has 0 amide bonds. The van der Waals surface area contributed by atoms with E-state index in [0.717, 1.165) is 19.4 Å². The van der Waals surface area contributed by atoms with E-state index in [-0.39, 0.29) is 5.69 Å². The van der Waals surface area contributed by atoms with Gasteiger partial charge < -0.3 is 10.6 Å². The molecule has 1 saturated heterocycles. The quantitative estimate of drug-likeness (QED) is 0.616. The van der Waals surface area contributed by atoms with E-state index in [1.54, 1.807) is 6.92 Å². The summed E-state index contributed by atoms with van der Waals surface area (Å²) in [5, 5.41) is 17.4. The average Bonchev–Trinajstić information content (AvgIpc) is 2.45. The molecular formula is C13H21N5O2S. The molecule has 2 rings (SSSR count). The van der Waals surface area contributed by atoms with Gasteiger partial charge in [-0.2, -0.15) is 16.7 Å². The third-order valence-corrected chi connectivity index (χ3v) is 4.52. The van der Waals surface area contributed by atoms with Crippen LogP contribution in [0.3, 0.4) is 0 Å². The van der Waals surface area contributed by atoms with Gasteiger partial charge in [0, 0.05) is 13.1 Å². The summed E-state index contributed by atoms with van der Waals surface area (Å²) in [6.45, 7) is 4.98. The Kier molecular flexibility index (Phi) is 5.60. The Balaban J connectivity index is 2.15. The van der Waals surface area contributed by atoms with Crippen LogP contribution in [0.5, 0.6) is 0 Å². The molecule has 1 aromatic rings. The van der Waals surface area contributed by atoms with Crippen molar-refractivity contribution in [3.63, 3.8) is 0 Å². The number of hydrogen-bond donors (Lipinski definition) is 2. The Bertz CT molecular complexity index is 506. The Hall–Kier alpha value is -1.57. The molecule has 0 aromatic carbocycles. The SMILES string of the molecule is CCNc1nc(C)c([N+](=O)[O-])c(NCC2CCSCC2)n1. The van der Waals surface area contributed by atoms with Crippen molar-refractivity contribution in [2.75, 3.05) is 35.2 Å². The van der Waals surface area contributed by atoms with Gasteiger partial charge in [0.25, 0.3) is 0 Å². The van der Waals surface area contributed by atoms with Crippen molar-refractivity contribution in [2.24, 2.45) is 5.92 Å². The van der Waals surface area contributed by atoms with E-state index >= 15 is 0 Å². The second-order valence-corrected chi connectivity index (χ2v) is 6.28. The second-order valence-electron chi connectivity index (χ2n) is 5.05. The number of anilines is 2. The minimum atomic E-state index is -0.413. The summed E-state index contributed by atoms with van der Waals surface area (Å²) in [5.41, 5.74) is 0.356. The van der Waals surface area contributed by atoms with Crippen LogP contribution in [0.2, 0.25) is 0 Å². The van der Waals surface area contributed by atoms with E-state index < -0.39 is 4.92 Å². The first-order chi connectivity index (χ1) is 10.1. The number of nitrogens with zero attached hydrogens (tertiary/aromatic N) is 3. The number of nitro groups is 1. The van der Waals surface area contributed by atoms with Crippen molar-refractivity contribution >= 4 is 29.2 Å². The van der Waals surface area contributed by atoms with Gasteiger partial charge in [-0.05, 0) is 44.1 Å². The molecule has 1 fully saturated rings. The molecule has 0 saturated carbocycles. The predicted molar refractivity (Wildman–Crippen MR) is 86.1 cm³/mol. The van der Waals surface area contributed by atoms with Crippen LogP contribution < -0.4 is 10.6 Å². The molecule has 116 valence electrons. The van der Waals surface area contributed by atoms with E-state index in [9.17, 15) is 10.1 Å². The summed E-state index contributed by atoms with van der Waals surface area (Å²) >= 11 is 1.97. The standard InChI is InChI=1S/C13H21N5O2S/c1-3-14-13-16-9(2)11(18(19)20)12(17-13)15-8-10-4-6-21-7-5-10/h10H,3-8H2,1-2H3,(H2,14,15,16,17). The maximum Gasteiger partial charge on any atom is 0.332 e. The van der Waals surface area contributed by atoms with Gasteiger partial charge in [0.15, 0.2) is 0 Å². The van der Waals surface area contributed by atoms with E-state index in [1.165, 1.54) is 11.5 Å². The Morgan fingerprint density at radius 3 is 2.67 bits per heavy atom. The second kappa shape index (κ2) is 7.44. The van der Waals surface area contributed by atoms with Gasteiger partial charge in [0.05, 0.1) is 4.92 Å². The van der Waals surface area contributed by atoms with Gasteiger partial charge in [0.1, 0.15) is 5.69 Å². The number of thioether (sulfide) groups is 1. The molecule has 2 heterocycles. The Morgan fingerprint density at radius 1 is 1.33 bits per heavy atom. The average molecular weight is 311 g/mol. The van der Waals surface area contributed by atoms with Crippen molar-refractivity contribution in [3.8, 4) is 0 Å². The molecule has 21 heavy (non-hydrogen) atoms. The van der Waals surface area contributed by atoms with E-state index in [1.807, 2.05) is 18.7 Å². The summed E-state index contributed by atoms with van der Waals surface area (Å²) in [4.78, 5) is 19.2. The van der Waals surface area contributed by atoms with Gasteiger partial charge in [-0.3, -0.25) is 10.1 Å². The summed E-state index contributed by atoms with van der Waals surface area (Å²) in [7, 11) is 0. The van der Waals surface area contributed by atoms with Crippen LogP contribution in [0.25, 0.3) is 0 Å². The van der Waals surface area contributed by atoms with Crippen LogP contribution in [0.4, 0.5) is 17.5 Å². The number of aryl methyl sites for hydroxylation is 1. The molecule has 1 aliphatic rings. The molecule has 0 atom stereocenters. The third kappa shape index (κ3) is 4.20. The fourth-order valence-corrected chi connectivity index (χ4v) is 3.54. The molecule has 8 heteroatoms. The molecule has 0 radical (unpaired) electrons. The topological polar surface area (TPSA) is 93.0 Å². The highest BCUT2D eigenvalue weighted by Crippen LogP contribution is 2.28. The van der Waals surface area contributed by atoms with Crippen LogP contribution in [-0.2, 0) is 0 Å². The smallest absolute Gasteiger partial charge is 0.332 e. The lowest BCUT2D eigenvalue weighted by Gasteiger charge is -2.21. The highest BCUT2D eigenvalue weighted by Gasteiger charge is 2.23. The predicted octanol–water partition coefficient (Wildman–Crippen LogP) is 2.68. The Labute approximate surface area is 128 Å². The van der Waals surface area contributed by atoms with Gasteiger partial charge in [-0.25, -0.2) is 4.98 Å². The van der Waals surface area contributed by atoms with Crippen molar-refractivity contribution < 1.29 is 4.92 Å². The molecule has 1 aliphatic heterocycles. The lowest BCUT2D eigenvalue weighted by atomic mass is 10.0. The van der Waals surface area contributed by atoms with Crippen LogP contribution in [-0.4, -0.2) is 39.5 Å². The van der Waals surface area contributed by atoms with Crippen molar-refractivity contribution in [1.29, 1.82) is 0 Å². The zero-order chi connectivity index (χ0) is 15.2. The van der Waals surface area contributed by atoms with Crippen molar-refractivity contribution in [2.45, 2.75) is 26.7 Å². The molecular weight excluding hydrogens is 290 g/mol. The summed E-state index contributed by atoms with van der Waals surface area (Å²) < 4.78 is 0. The van der Waals surface area contributed by atoms with Gasteiger partial charge in [-0.1, -0.05) is 0 Å². The molecule has 0 bridgehead atoms. The maximum atomic E-state index is 11.2. The van der Waals surface area contributed by atoms with Gasteiger partial charge in [0.2, 0.25) is 11.8 Å². The number of nitrogens with one attached hydrogen (secondary N) is 2. The third-order valence-electron chi connectivity index (χ3n) is 3.47. The van der Waals surface area contributed by atoms with Gasteiger partial charge >= 0.3 is 5.69 Å². The monoisotopic (exact) mass is 311 g/mol. The van der Waals surface area contributed by atoms with Crippen LogP contribution in [0.1, 0.15) is 25.5 Å². The summed E-state index contributed by atoms with van der Waals surface area (Å²) in [6, 6.07) is 0. The molecule has 0 unspecified atom stereocenters. The highest BCUT2D eigenvalue weighted by molar-refractivity contribution is 7.99. The normalized spacial score (nSPS) is 15.7. The first-order valence-corrected chi connectivity index (χ1v) is 8.35. The molecule has 7 nitrogen and oxygen atoms in total. The summed E-state index contributed by atoms with van der Waals surface area (Å²) in [6.07, 6.45) is 2.30. The summed E-state index contributed by atoms with van der Waals surface area (Å²) in [5.74, 6) is 3.65. The van der Waals surface area contributed by atoms with Crippen molar-refractivity contribution in [3.05, 3.63) is 15.8 Å². The first-order valence-electron chi connectivity index (χ1n) is 7.20. The number of rotatable bonds is 6. The first kappa shape index (κ1) is 15.8. The fraction of sp³-hybridized carbons (Fsp3) is 0.692. The van der Waals surface area contributed by atoms with E-state index in [2.05, 4.69) is 20.6 Å². The van der Waals surface area contributed by atoms with Crippen molar-refractivity contribution in [1.82, 2.24) is 9.97 Å². The van der Waals surface area contributed by atoms with E-state index in [4.69, 9.17) is 0 Å². The molecule has 2 N–H and O–H groups in total.